The Morgan fingerprint density at radius 1 is 1.18 bits per heavy atom. The summed E-state index contributed by atoms with van der Waals surface area (Å²) in [6, 6.07) is 6.27. The number of aliphatic hydroxyl groups excluding tert-OH is 1. The first kappa shape index (κ1) is 14.0. The van der Waals surface area contributed by atoms with Crippen molar-refractivity contribution in [2.24, 2.45) is 0 Å². The standard InChI is InChI=1S/C14H23NO2/c1-10(2)17-9-14(16)8-15-13-6-11(3)5-12(4)7-13/h5-7,10,14-16H,8-9H2,1-4H3/t14-/m0/s1. The minimum absolute atomic E-state index is 0.158. The number of nitrogens with one attached hydrogen (secondary N) is 1. The lowest BCUT2D eigenvalue weighted by Gasteiger charge is -2.15. The highest BCUT2D eigenvalue weighted by Crippen LogP contribution is 2.13. The van der Waals surface area contributed by atoms with Crippen LogP contribution in [0.4, 0.5) is 5.69 Å². The van der Waals surface area contributed by atoms with E-state index in [0.29, 0.717) is 13.2 Å². The fraction of sp³-hybridized carbons (Fsp3) is 0.571. The van der Waals surface area contributed by atoms with E-state index in [-0.39, 0.29) is 6.10 Å². The molecule has 1 aromatic rings. The second-order valence-electron chi connectivity index (χ2n) is 4.79. The molecule has 0 amide bonds. The van der Waals surface area contributed by atoms with Gasteiger partial charge in [-0.15, -0.1) is 0 Å². The molecule has 1 rings (SSSR count). The molecular weight excluding hydrogens is 214 g/mol. The van der Waals surface area contributed by atoms with Gasteiger partial charge in [-0.05, 0) is 51.0 Å². The SMILES string of the molecule is Cc1cc(C)cc(NC[C@H](O)COC(C)C)c1. The predicted octanol–water partition coefficient (Wildman–Crippen LogP) is 2.50. The average molecular weight is 237 g/mol. The van der Waals surface area contributed by atoms with Gasteiger partial charge in [0.2, 0.25) is 0 Å². The zero-order valence-electron chi connectivity index (χ0n) is 11.2. The van der Waals surface area contributed by atoms with Crippen LogP contribution in [0.15, 0.2) is 18.2 Å². The van der Waals surface area contributed by atoms with E-state index >= 15 is 0 Å². The minimum atomic E-state index is -0.474. The zero-order valence-corrected chi connectivity index (χ0v) is 11.2. The van der Waals surface area contributed by atoms with Crippen LogP contribution in [0.25, 0.3) is 0 Å². The van der Waals surface area contributed by atoms with Crippen LogP contribution in [0.5, 0.6) is 0 Å². The molecule has 0 heterocycles. The summed E-state index contributed by atoms with van der Waals surface area (Å²) in [6.45, 7) is 8.94. The van der Waals surface area contributed by atoms with Gasteiger partial charge in [0.25, 0.3) is 0 Å². The Morgan fingerprint density at radius 2 is 1.76 bits per heavy atom. The van der Waals surface area contributed by atoms with E-state index in [1.54, 1.807) is 0 Å². The third-order valence-electron chi connectivity index (χ3n) is 2.39. The first-order valence-corrected chi connectivity index (χ1v) is 6.09. The second kappa shape index (κ2) is 6.62. The van der Waals surface area contributed by atoms with Crippen molar-refractivity contribution < 1.29 is 9.84 Å². The summed E-state index contributed by atoms with van der Waals surface area (Å²) in [7, 11) is 0. The van der Waals surface area contributed by atoms with Crippen LogP contribution in [0.3, 0.4) is 0 Å². The van der Waals surface area contributed by atoms with Gasteiger partial charge < -0.3 is 15.2 Å². The Morgan fingerprint density at radius 3 is 2.29 bits per heavy atom. The predicted molar refractivity (Wildman–Crippen MR) is 71.5 cm³/mol. The first-order valence-electron chi connectivity index (χ1n) is 6.09. The van der Waals surface area contributed by atoms with Gasteiger partial charge in [0, 0.05) is 12.2 Å². The van der Waals surface area contributed by atoms with E-state index in [1.165, 1.54) is 11.1 Å². The van der Waals surface area contributed by atoms with Gasteiger partial charge in [-0.2, -0.15) is 0 Å². The van der Waals surface area contributed by atoms with Gasteiger partial charge in [-0.25, -0.2) is 0 Å². The fourth-order valence-electron chi connectivity index (χ4n) is 1.67. The molecule has 2 N–H and O–H groups in total. The maximum Gasteiger partial charge on any atom is 0.0945 e. The normalized spacial score (nSPS) is 12.8. The maximum atomic E-state index is 9.71. The summed E-state index contributed by atoms with van der Waals surface area (Å²) in [5, 5.41) is 12.9. The van der Waals surface area contributed by atoms with Crippen LogP contribution in [0.2, 0.25) is 0 Å². The molecule has 0 saturated carbocycles. The lowest BCUT2D eigenvalue weighted by molar-refractivity contribution is 0.0112. The van der Waals surface area contributed by atoms with E-state index in [9.17, 15) is 5.11 Å². The quantitative estimate of drug-likeness (QED) is 0.798. The van der Waals surface area contributed by atoms with Crippen molar-refractivity contribution in [3.05, 3.63) is 29.3 Å². The molecular formula is C14H23NO2. The highest BCUT2D eigenvalue weighted by molar-refractivity contribution is 5.48. The van der Waals surface area contributed by atoms with Gasteiger partial charge in [0.1, 0.15) is 0 Å². The van der Waals surface area contributed by atoms with E-state index in [1.807, 2.05) is 13.8 Å². The van der Waals surface area contributed by atoms with Crippen molar-refractivity contribution in [1.29, 1.82) is 0 Å². The van der Waals surface area contributed by atoms with E-state index < -0.39 is 6.10 Å². The molecule has 0 aliphatic carbocycles. The van der Waals surface area contributed by atoms with E-state index in [0.717, 1.165) is 5.69 Å². The Hall–Kier alpha value is -1.06. The fourth-order valence-corrected chi connectivity index (χ4v) is 1.67. The Balaban J connectivity index is 2.39. The number of aryl methyl sites for hydroxylation is 2. The summed E-state index contributed by atoms with van der Waals surface area (Å²) in [5.41, 5.74) is 3.49. The van der Waals surface area contributed by atoms with Crippen LogP contribution in [0, 0.1) is 13.8 Å². The highest BCUT2D eigenvalue weighted by Gasteiger charge is 2.05. The van der Waals surface area contributed by atoms with Gasteiger partial charge in [0.05, 0.1) is 18.8 Å². The number of hydrogen-bond acceptors (Lipinski definition) is 3. The van der Waals surface area contributed by atoms with Crippen molar-refractivity contribution in [3.8, 4) is 0 Å². The molecule has 0 aliphatic heterocycles. The number of ether oxygens (including phenoxy) is 1. The Bertz CT molecular complexity index is 330. The summed E-state index contributed by atoms with van der Waals surface area (Å²) >= 11 is 0. The lowest BCUT2D eigenvalue weighted by atomic mass is 10.1. The van der Waals surface area contributed by atoms with E-state index in [4.69, 9.17) is 4.74 Å². The van der Waals surface area contributed by atoms with Gasteiger partial charge in [-0.1, -0.05) is 6.07 Å². The molecule has 0 spiro atoms. The third kappa shape index (κ3) is 5.71. The first-order chi connectivity index (χ1) is 7.97. The van der Waals surface area contributed by atoms with Crippen LogP contribution in [-0.2, 0) is 4.74 Å². The van der Waals surface area contributed by atoms with Crippen LogP contribution in [-0.4, -0.2) is 30.5 Å². The molecule has 0 saturated heterocycles. The lowest BCUT2D eigenvalue weighted by Crippen LogP contribution is -2.26. The van der Waals surface area contributed by atoms with Gasteiger partial charge in [0.15, 0.2) is 0 Å². The number of benzene rings is 1. The van der Waals surface area contributed by atoms with Gasteiger partial charge in [-0.3, -0.25) is 0 Å². The molecule has 0 bridgehead atoms. The highest BCUT2D eigenvalue weighted by atomic mass is 16.5. The smallest absolute Gasteiger partial charge is 0.0945 e. The van der Waals surface area contributed by atoms with Crippen LogP contribution < -0.4 is 5.32 Å². The molecule has 3 heteroatoms. The molecule has 0 fully saturated rings. The Kier molecular flexibility index (Phi) is 5.45. The van der Waals surface area contributed by atoms with E-state index in [2.05, 4.69) is 37.4 Å². The van der Waals surface area contributed by atoms with Crippen LogP contribution in [0.1, 0.15) is 25.0 Å². The molecule has 0 aromatic heterocycles. The molecule has 1 atom stereocenters. The monoisotopic (exact) mass is 237 g/mol. The van der Waals surface area contributed by atoms with Crippen molar-refractivity contribution in [3.63, 3.8) is 0 Å². The summed E-state index contributed by atoms with van der Waals surface area (Å²) in [4.78, 5) is 0. The molecule has 3 nitrogen and oxygen atoms in total. The minimum Gasteiger partial charge on any atom is -0.389 e. The summed E-state index contributed by atoms with van der Waals surface area (Å²) in [5.74, 6) is 0. The summed E-state index contributed by atoms with van der Waals surface area (Å²) < 4.78 is 5.35. The van der Waals surface area contributed by atoms with Gasteiger partial charge >= 0.3 is 0 Å². The third-order valence-corrected chi connectivity index (χ3v) is 2.39. The molecule has 1 aromatic carbocycles. The number of aliphatic hydroxyl groups is 1. The topological polar surface area (TPSA) is 41.5 Å². The number of anilines is 1. The van der Waals surface area contributed by atoms with Crippen molar-refractivity contribution in [2.45, 2.75) is 39.9 Å². The molecule has 0 unspecified atom stereocenters. The van der Waals surface area contributed by atoms with Crippen molar-refractivity contribution in [1.82, 2.24) is 0 Å². The number of hydrogen-bond donors (Lipinski definition) is 2. The van der Waals surface area contributed by atoms with Crippen molar-refractivity contribution in [2.75, 3.05) is 18.5 Å². The largest absolute Gasteiger partial charge is 0.389 e. The zero-order chi connectivity index (χ0) is 12.8. The molecule has 96 valence electrons. The molecule has 0 aliphatic rings. The molecule has 17 heavy (non-hydrogen) atoms. The maximum absolute atomic E-state index is 9.71. The summed E-state index contributed by atoms with van der Waals surface area (Å²) in [6.07, 6.45) is -0.316. The average Bonchev–Trinajstić information content (AvgIpc) is 2.22. The second-order valence-corrected chi connectivity index (χ2v) is 4.79. The molecule has 0 radical (unpaired) electrons. The van der Waals surface area contributed by atoms with Crippen LogP contribution >= 0.6 is 0 Å². The Labute approximate surface area is 104 Å². The van der Waals surface area contributed by atoms with Crippen molar-refractivity contribution >= 4 is 5.69 Å². The number of rotatable bonds is 6.